The summed E-state index contributed by atoms with van der Waals surface area (Å²) in [4.78, 5) is 75.5. The van der Waals surface area contributed by atoms with Gasteiger partial charge in [-0.05, 0) is 126 Å². The zero-order chi connectivity index (χ0) is 49.9. The van der Waals surface area contributed by atoms with Crippen LogP contribution in [0.4, 0.5) is 19.5 Å². The molecule has 1 fully saturated rings. The van der Waals surface area contributed by atoms with Crippen LogP contribution in [-0.4, -0.2) is 121 Å². The van der Waals surface area contributed by atoms with E-state index in [0.717, 1.165) is 28.0 Å². The number of aromatic nitrogens is 3. The number of benzene rings is 1. The van der Waals surface area contributed by atoms with Crippen molar-refractivity contribution >= 4 is 52.4 Å². The van der Waals surface area contributed by atoms with E-state index in [9.17, 15) is 34.2 Å². The molecule has 20 nitrogen and oxygen atoms in total. The van der Waals surface area contributed by atoms with Crippen LogP contribution in [0.1, 0.15) is 108 Å². The molecule has 3 atom stereocenters. The molecule has 67 heavy (non-hydrogen) atoms. The van der Waals surface area contributed by atoms with E-state index >= 15 is 0 Å². The van der Waals surface area contributed by atoms with E-state index < -0.39 is 70.0 Å². The Bertz CT molecular complexity index is 2300. The molecular weight excluding hydrogens is 891 g/mol. The largest absolute Gasteiger partial charge is 0.485 e. The number of anilines is 1. The number of aliphatic carboxylic acids is 1. The zero-order valence-electron chi connectivity index (χ0n) is 40.7. The van der Waals surface area contributed by atoms with Gasteiger partial charge in [0.1, 0.15) is 40.0 Å². The summed E-state index contributed by atoms with van der Waals surface area (Å²) in [5.74, 6) is -1.76. The molecule has 0 bridgehead atoms. The molecule has 368 valence electrons. The van der Waals surface area contributed by atoms with Crippen LogP contribution >= 0.6 is 11.3 Å². The number of nitrogens with one attached hydrogen (secondary N) is 2. The van der Waals surface area contributed by atoms with Crippen molar-refractivity contribution < 1.29 is 67.4 Å². The third kappa shape index (κ3) is 15.0. The molecule has 21 heteroatoms. The van der Waals surface area contributed by atoms with Crippen molar-refractivity contribution in [3.05, 3.63) is 47.2 Å². The Morgan fingerprint density at radius 3 is 2.13 bits per heavy atom. The number of nitrogens with zero attached hydrogens (tertiary/aromatic N) is 5. The average molecular weight is 957 g/mol. The van der Waals surface area contributed by atoms with E-state index in [4.69, 9.17) is 28.5 Å². The molecule has 2 aliphatic heterocycles. The molecule has 0 aliphatic carbocycles. The highest BCUT2D eigenvalue weighted by atomic mass is 32.1. The summed E-state index contributed by atoms with van der Waals surface area (Å²) < 4.78 is 32.2. The van der Waals surface area contributed by atoms with Crippen LogP contribution in [0.2, 0.25) is 0 Å². The first kappa shape index (κ1) is 52.0. The first-order chi connectivity index (χ1) is 30.9. The summed E-state index contributed by atoms with van der Waals surface area (Å²) >= 11 is 0.946. The van der Waals surface area contributed by atoms with Gasteiger partial charge in [0.15, 0.2) is 17.8 Å². The standard InChI is InChI=1S/C46H65N7O13S/c1-42(2,3)62-37(57)46(13,66-50-35(36(55)56)32-26-67-38(48-32)49-40(59)64-44(7,8)9)34-17-15-29-18-28(14-16-33(29)61-34)30-23-52(22-27-20-51(21-27)41(60)65-45(10,11)12)53(24-30)25-31(54)19-47-39(58)63-43(4,5)6/h14,16,18,23-24,26-27,31,34,54H,15,17,19-22,25H2,1-13H3,(H2-,47,48,49,55,56,58,59)/p+1/b50-35-/t31-,34+,46?/m0/s1. The SMILES string of the molecule is CC(C)(C)OC(=O)NC[C@H](O)C[n+]1cc(-c2ccc3c(c2)CC[C@H](C(C)(O/N=C(\C(=O)O)c2csc(NC(=O)OC(C)(C)C)n2)C(=O)OC(C)(C)C)O3)cn1CC1CN(C(=O)OC(C)(C)C)C1. The number of amides is 3. The summed E-state index contributed by atoms with van der Waals surface area (Å²) in [7, 11) is 0. The number of ether oxygens (including phenoxy) is 5. The van der Waals surface area contributed by atoms with Gasteiger partial charge in [0, 0.05) is 24.4 Å². The van der Waals surface area contributed by atoms with Crippen molar-refractivity contribution in [2.45, 2.75) is 156 Å². The quantitative estimate of drug-likeness (QED) is 0.0456. The Kier molecular flexibility index (Phi) is 15.6. The van der Waals surface area contributed by atoms with E-state index in [1.54, 1.807) is 73.3 Å². The average Bonchev–Trinajstić information content (AvgIpc) is 3.78. The van der Waals surface area contributed by atoms with Crippen molar-refractivity contribution in [3.8, 4) is 16.9 Å². The van der Waals surface area contributed by atoms with Gasteiger partial charge in [0.2, 0.25) is 11.9 Å². The third-order valence-electron chi connectivity index (χ3n) is 9.88. The lowest BCUT2D eigenvalue weighted by Gasteiger charge is -2.39. The first-order valence-electron chi connectivity index (χ1n) is 22.1. The predicted octanol–water partition coefficient (Wildman–Crippen LogP) is 6.30. The molecule has 3 aromatic rings. The smallest absolute Gasteiger partial charge is 0.413 e. The van der Waals surface area contributed by atoms with E-state index in [1.807, 2.05) is 54.7 Å². The molecule has 1 saturated heterocycles. The zero-order valence-corrected chi connectivity index (χ0v) is 41.5. The number of thiazole rings is 1. The predicted molar refractivity (Wildman–Crippen MR) is 246 cm³/mol. The molecule has 0 radical (unpaired) electrons. The maximum atomic E-state index is 13.9. The molecule has 0 spiro atoms. The Morgan fingerprint density at radius 2 is 1.52 bits per heavy atom. The number of rotatable bonds is 14. The van der Waals surface area contributed by atoms with Gasteiger partial charge in [-0.3, -0.25) is 5.32 Å². The minimum atomic E-state index is -1.94. The molecule has 5 rings (SSSR count). The van der Waals surface area contributed by atoms with Crippen molar-refractivity contribution in [2.24, 2.45) is 11.1 Å². The lowest BCUT2D eigenvalue weighted by Crippen LogP contribution is -2.56. The number of hydrogen-bond donors (Lipinski definition) is 4. The van der Waals surface area contributed by atoms with Crippen LogP contribution in [0.25, 0.3) is 11.1 Å². The maximum absolute atomic E-state index is 13.9. The number of carboxylic acids is 1. The summed E-state index contributed by atoms with van der Waals surface area (Å²) in [5, 5.41) is 31.7. The minimum Gasteiger partial charge on any atom is -0.485 e. The molecule has 4 heterocycles. The number of oxime groups is 1. The number of aliphatic hydroxyl groups excluding tert-OH is 1. The first-order valence-corrected chi connectivity index (χ1v) is 23.0. The van der Waals surface area contributed by atoms with Crippen molar-refractivity contribution in [1.82, 2.24) is 19.9 Å². The number of esters is 1. The van der Waals surface area contributed by atoms with Crippen LogP contribution in [0, 0.1) is 5.92 Å². The lowest BCUT2D eigenvalue weighted by atomic mass is 9.89. The lowest BCUT2D eigenvalue weighted by molar-refractivity contribution is -0.780. The fourth-order valence-corrected chi connectivity index (χ4v) is 7.60. The Balaban J connectivity index is 1.37. The normalized spacial score (nSPS) is 17.1. The van der Waals surface area contributed by atoms with E-state index in [-0.39, 0.29) is 42.3 Å². The van der Waals surface area contributed by atoms with E-state index in [0.29, 0.717) is 31.8 Å². The Hall–Kier alpha value is -5.96. The molecule has 2 aliphatic rings. The van der Waals surface area contributed by atoms with E-state index in [2.05, 4.69) is 20.8 Å². The molecule has 2 aromatic heterocycles. The van der Waals surface area contributed by atoms with Crippen LogP contribution in [0.5, 0.6) is 5.75 Å². The highest BCUT2D eigenvalue weighted by Gasteiger charge is 2.51. The van der Waals surface area contributed by atoms with Crippen molar-refractivity contribution in [1.29, 1.82) is 0 Å². The number of alkyl carbamates (subject to hydrolysis) is 1. The summed E-state index contributed by atoms with van der Waals surface area (Å²) in [6.07, 6.45) is 0.795. The van der Waals surface area contributed by atoms with Gasteiger partial charge in [-0.15, -0.1) is 16.0 Å². The molecule has 0 saturated carbocycles. The maximum Gasteiger partial charge on any atom is 0.413 e. The topological polar surface area (TPSA) is 243 Å². The molecule has 1 unspecified atom stereocenters. The highest BCUT2D eigenvalue weighted by Crippen LogP contribution is 2.37. The number of fused-ring (bicyclic) bond motifs is 1. The molecule has 4 N–H and O–H groups in total. The van der Waals surface area contributed by atoms with Gasteiger partial charge in [0.05, 0.1) is 24.8 Å². The van der Waals surface area contributed by atoms with E-state index in [1.165, 1.54) is 12.3 Å². The molecule has 3 amide bonds. The van der Waals surface area contributed by atoms with Crippen molar-refractivity contribution in [2.75, 3.05) is 25.0 Å². The summed E-state index contributed by atoms with van der Waals surface area (Å²) in [5.41, 5.74) is -3.25. The second-order valence-electron chi connectivity index (χ2n) is 20.8. The van der Waals surface area contributed by atoms with Crippen LogP contribution < -0.4 is 20.1 Å². The summed E-state index contributed by atoms with van der Waals surface area (Å²) in [6, 6.07) is 5.61. The third-order valence-corrected chi connectivity index (χ3v) is 10.6. The summed E-state index contributed by atoms with van der Waals surface area (Å²) in [6.45, 7) is 23.9. The van der Waals surface area contributed by atoms with Crippen molar-refractivity contribution in [3.63, 3.8) is 0 Å². The van der Waals surface area contributed by atoms with Gasteiger partial charge in [-0.2, -0.15) is 4.68 Å². The number of aryl methyl sites for hydroxylation is 1. The number of likely N-dealkylation sites (tertiary alicyclic amines) is 1. The van der Waals surface area contributed by atoms with Gasteiger partial charge < -0.3 is 49.0 Å². The number of aliphatic hydroxyl groups is 1. The highest BCUT2D eigenvalue weighted by molar-refractivity contribution is 7.14. The Morgan fingerprint density at radius 1 is 0.896 bits per heavy atom. The number of carbonyl (C=O) groups is 5. The Labute approximate surface area is 394 Å². The monoisotopic (exact) mass is 956 g/mol. The number of hydrogen-bond acceptors (Lipinski definition) is 15. The van der Waals surface area contributed by atoms with Gasteiger partial charge >= 0.3 is 30.2 Å². The second kappa shape index (κ2) is 20.1. The van der Waals surface area contributed by atoms with Gasteiger partial charge in [-0.1, -0.05) is 11.2 Å². The van der Waals surface area contributed by atoms with Crippen LogP contribution in [0.15, 0.2) is 41.1 Å². The van der Waals surface area contributed by atoms with Crippen LogP contribution in [0.3, 0.4) is 0 Å². The number of carbonyl (C=O) groups excluding carboxylic acids is 4. The van der Waals surface area contributed by atoms with Gasteiger partial charge in [0.25, 0.3) is 5.60 Å². The number of carboxylic acid groups (broad SMARTS) is 1. The minimum absolute atomic E-state index is 0.0520. The molecular formula is C46H66N7O13S+. The second-order valence-corrected chi connectivity index (χ2v) is 21.7. The fraction of sp³-hybridized carbons (Fsp3) is 0.609. The van der Waals surface area contributed by atoms with Crippen LogP contribution in [-0.2, 0) is 52.9 Å². The fourth-order valence-electron chi connectivity index (χ4n) is 6.92. The van der Waals surface area contributed by atoms with Gasteiger partial charge in [-0.25, -0.2) is 29.0 Å². The molecule has 1 aromatic carbocycles.